The van der Waals surface area contributed by atoms with Crippen molar-refractivity contribution >= 4 is 12.1 Å². The highest BCUT2D eigenvalue weighted by Crippen LogP contribution is 2.34. The molecule has 1 N–H and O–H groups in total. The number of benzene rings is 3. The second-order valence-electron chi connectivity index (χ2n) is 7.67. The van der Waals surface area contributed by atoms with E-state index < -0.39 is 23.8 Å². The Kier molecular flexibility index (Phi) is 6.65. The van der Waals surface area contributed by atoms with E-state index in [1.54, 1.807) is 0 Å². The van der Waals surface area contributed by atoms with Crippen LogP contribution in [0.2, 0.25) is 0 Å². The lowest BCUT2D eigenvalue weighted by molar-refractivity contribution is -0.139. The van der Waals surface area contributed by atoms with Gasteiger partial charge in [0.2, 0.25) is 0 Å². The minimum Gasteiger partial charge on any atom is -0.481 e. The Morgan fingerprint density at radius 3 is 2.39 bits per heavy atom. The Hall–Kier alpha value is -3.78. The third kappa shape index (κ3) is 5.35. The summed E-state index contributed by atoms with van der Waals surface area (Å²) in [6.07, 6.45) is -0.921. The predicted molar refractivity (Wildman–Crippen MR) is 115 cm³/mol. The van der Waals surface area contributed by atoms with E-state index in [2.05, 4.69) is 0 Å². The van der Waals surface area contributed by atoms with Crippen LogP contribution in [0.5, 0.6) is 0 Å². The van der Waals surface area contributed by atoms with Crippen molar-refractivity contribution in [3.8, 4) is 11.1 Å². The number of hydrogen-bond acceptors (Lipinski definition) is 5. The molecule has 0 saturated heterocycles. The van der Waals surface area contributed by atoms with Crippen LogP contribution in [-0.2, 0) is 40.4 Å². The zero-order valence-corrected chi connectivity index (χ0v) is 17.6. The summed E-state index contributed by atoms with van der Waals surface area (Å²) in [6, 6.07) is 16.1. The molecule has 8 heteroatoms. The first kappa shape index (κ1) is 22.4. The van der Waals surface area contributed by atoms with Gasteiger partial charge >= 0.3 is 12.1 Å². The number of carboxylic acid groups (broad SMARTS) is 1. The molecule has 0 saturated carbocycles. The van der Waals surface area contributed by atoms with Gasteiger partial charge in [0.1, 0.15) is 18.2 Å². The average molecular weight is 453 g/mol. The molecule has 0 fully saturated rings. The number of carbonyl (C=O) groups is 2. The van der Waals surface area contributed by atoms with Crippen molar-refractivity contribution in [2.75, 3.05) is 6.54 Å². The zero-order chi connectivity index (χ0) is 23.4. The molecule has 170 valence electrons. The molecule has 0 aliphatic carbocycles. The Morgan fingerprint density at radius 2 is 1.67 bits per heavy atom. The fourth-order valence-corrected chi connectivity index (χ4v) is 3.85. The summed E-state index contributed by atoms with van der Waals surface area (Å²) in [5.74, 6) is -2.08. The Labute approximate surface area is 188 Å². The maximum atomic E-state index is 14.8. The number of carboxylic acids is 1. The zero-order valence-electron chi connectivity index (χ0n) is 17.6. The molecule has 0 radical (unpaired) electrons. The van der Waals surface area contributed by atoms with Crippen molar-refractivity contribution in [2.45, 2.75) is 26.0 Å². The van der Waals surface area contributed by atoms with Crippen LogP contribution in [0.15, 0.2) is 60.7 Å². The van der Waals surface area contributed by atoms with Crippen LogP contribution < -0.4 is 0 Å². The van der Waals surface area contributed by atoms with E-state index in [1.165, 1.54) is 29.3 Å². The summed E-state index contributed by atoms with van der Waals surface area (Å²) >= 11 is 0. The summed E-state index contributed by atoms with van der Waals surface area (Å²) in [5.41, 5.74) is 2.74. The molecule has 0 atom stereocenters. The molecule has 0 unspecified atom stereocenters. The van der Waals surface area contributed by atoms with Gasteiger partial charge in [-0.2, -0.15) is 0 Å². The average Bonchev–Trinajstić information content (AvgIpc) is 2.79. The van der Waals surface area contributed by atoms with E-state index in [4.69, 9.17) is 14.7 Å². The van der Waals surface area contributed by atoms with E-state index in [-0.39, 0.29) is 38.1 Å². The highest BCUT2D eigenvalue weighted by molar-refractivity contribution is 5.73. The third-order valence-electron chi connectivity index (χ3n) is 5.40. The minimum atomic E-state index is -1.06. The summed E-state index contributed by atoms with van der Waals surface area (Å²) in [4.78, 5) is 28.3. The highest BCUT2D eigenvalue weighted by atomic mass is 19.1. The number of hydroxylamine groups is 2. The van der Waals surface area contributed by atoms with Gasteiger partial charge in [-0.05, 0) is 46.4 Å². The van der Waals surface area contributed by atoms with Crippen LogP contribution >= 0.6 is 0 Å². The summed E-state index contributed by atoms with van der Waals surface area (Å²) in [6.45, 7) is 0.366. The second kappa shape index (κ2) is 9.79. The summed E-state index contributed by atoms with van der Waals surface area (Å²) < 4.78 is 34.4. The van der Waals surface area contributed by atoms with Gasteiger partial charge < -0.3 is 14.7 Å². The maximum Gasteiger partial charge on any atom is 0.528 e. The lowest BCUT2D eigenvalue weighted by atomic mass is 9.90. The van der Waals surface area contributed by atoms with Crippen molar-refractivity contribution < 1.29 is 33.1 Å². The van der Waals surface area contributed by atoms with Crippen LogP contribution in [-0.4, -0.2) is 28.8 Å². The molecule has 0 spiro atoms. The van der Waals surface area contributed by atoms with E-state index in [1.807, 2.05) is 30.3 Å². The van der Waals surface area contributed by atoms with E-state index in [0.717, 1.165) is 11.6 Å². The number of hydrogen-bond donors (Lipinski definition) is 1. The summed E-state index contributed by atoms with van der Waals surface area (Å²) in [5, 5.41) is 10.3. The second-order valence-corrected chi connectivity index (χ2v) is 7.67. The van der Waals surface area contributed by atoms with Crippen molar-refractivity contribution in [2.24, 2.45) is 0 Å². The largest absolute Gasteiger partial charge is 0.528 e. The first-order valence-corrected chi connectivity index (χ1v) is 10.3. The van der Waals surface area contributed by atoms with Crippen LogP contribution in [0.3, 0.4) is 0 Å². The van der Waals surface area contributed by atoms with Crippen molar-refractivity contribution in [3.05, 3.63) is 94.6 Å². The highest BCUT2D eigenvalue weighted by Gasteiger charge is 2.26. The molecule has 4 rings (SSSR count). The molecular weight excluding hydrogens is 432 g/mol. The molecule has 3 aromatic rings. The molecule has 3 aromatic carbocycles. The molecule has 33 heavy (non-hydrogen) atoms. The van der Waals surface area contributed by atoms with Gasteiger partial charge in [-0.1, -0.05) is 48.5 Å². The van der Waals surface area contributed by atoms with Crippen LogP contribution in [0.25, 0.3) is 11.1 Å². The molecule has 1 aliphatic heterocycles. The molecule has 0 bridgehead atoms. The fraction of sp³-hybridized carbons (Fsp3) is 0.200. The van der Waals surface area contributed by atoms with Crippen LogP contribution in [0, 0.1) is 11.6 Å². The SMILES string of the molecule is O=C(O)Cc1ccc(-c2ccc(F)c3c2CN(OC(=O)OCc2ccccc2)CC3)c(F)c1. The van der Waals surface area contributed by atoms with Gasteiger partial charge in [0.25, 0.3) is 0 Å². The predicted octanol–water partition coefficient (Wildman–Crippen LogP) is 4.89. The van der Waals surface area contributed by atoms with Gasteiger partial charge in [0.15, 0.2) is 0 Å². The minimum absolute atomic E-state index is 0.0535. The van der Waals surface area contributed by atoms with Crippen molar-refractivity contribution in [3.63, 3.8) is 0 Å². The van der Waals surface area contributed by atoms with E-state index in [9.17, 15) is 18.4 Å². The smallest absolute Gasteiger partial charge is 0.481 e. The Morgan fingerprint density at radius 1 is 0.909 bits per heavy atom. The number of rotatable bonds is 6. The first-order chi connectivity index (χ1) is 15.9. The number of carbonyl (C=O) groups excluding carboxylic acids is 1. The van der Waals surface area contributed by atoms with Crippen LogP contribution in [0.4, 0.5) is 13.6 Å². The Balaban J connectivity index is 1.51. The Bertz CT molecular complexity index is 1180. The lowest BCUT2D eigenvalue weighted by Crippen LogP contribution is -2.34. The number of ether oxygens (including phenoxy) is 1. The van der Waals surface area contributed by atoms with Gasteiger partial charge in [-0.15, -0.1) is 5.06 Å². The quantitative estimate of drug-likeness (QED) is 0.536. The summed E-state index contributed by atoms with van der Waals surface area (Å²) in [7, 11) is 0. The number of fused-ring (bicyclic) bond motifs is 1. The fourth-order valence-electron chi connectivity index (χ4n) is 3.85. The molecule has 1 aliphatic rings. The standard InChI is InChI=1S/C25H21F2NO5/c26-22-9-8-18(19-7-6-17(12-23(19)27)13-24(29)30)21-14-28(11-10-20(21)22)33-25(31)32-15-16-4-2-1-3-5-16/h1-9,12H,10-11,13-15H2,(H,29,30). The molecule has 0 amide bonds. The normalized spacial score (nSPS) is 13.3. The molecular formula is C25H21F2NO5. The van der Waals surface area contributed by atoms with Gasteiger partial charge in [0.05, 0.1) is 13.0 Å². The monoisotopic (exact) mass is 453 g/mol. The first-order valence-electron chi connectivity index (χ1n) is 10.3. The molecule has 1 heterocycles. The number of nitrogens with zero attached hydrogens (tertiary/aromatic N) is 1. The van der Waals surface area contributed by atoms with E-state index in [0.29, 0.717) is 22.3 Å². The molecule has 6 nitrogen and oxygen atoms in total. The van der Waals surface area contributed by atoms with E-state index >= 15 is 0 Å². The van der Waals surface area contributed by atoms with Crippen molar-refractivity contribution in [1.82, 2.24) is 5.06 Å². The van der Waals surface area contributed by atoms with Crippen LogP contribution in [0.1, 0.15) is 22.3 Å². The number of aliphatic carboxylic acids is 1. The third-order valence-corrected chi connectivity index (χ3v) is 5.40. The lowest BCUT2D eigenvalue weighted by Gasteiger charge is -2.29. The van der Waals surface area contributed by atoms with Gasteiger partial charge in [-0.3, -0.25) is 4.79 Å². The van der Waals surface area contributed by atoms with Gasteiger partial charge in [-0.25, -0.2) is 13.6 Å². The maximum absolute atomic E-state index is 14.8. The molecule has 0 aromatic heterocycles. The number of halogens is 2. The van der Waals surface area contributed by atoms with Crippen molar-refractivity contribution in [1.29, 1.82) is 0 Å². The topological polar surface area (TPSA) is 76.1 Å². The van der Waals surface area contributed by atoms with Gasteiger partial charge in [0, 0.05) is 12.1 Å².